The van der Waals surface area contributed by atoms with Crippen LogP contribution in [0.2, 0.25) is 0 Å². The van der Waals surface area contributed by atoms with Crippen molar-refractivity contribution < 1.29 is 14.3 Å². The molecule has 3 rings (SSSR count). The van der Waals surface area contributed by atoms with Crippen LogP contribution in [-0.2, 0) is 16.1 Å². The lowest BCUT2D eigenvalue weighted by molar-refractivity contribution is -0.140. The van der Waals surface area contributed by atoms with Gasteiger partial charge in [-0.1, -0.05) is 30.3 Å². The molecule has 1 aliphatic rings. The molecule has 1 aromatic carbocycles. The number of esters is 1. The number of urea groups is 1. The van der Waals surface area contributed by atoms with Gasteiger partial charge in [0.05, 0.1) is 11.6 Å². The van der Waals surface area contributed by atoms with Crippen molar-refractivity contribution in [3.8, 4) is 0 Å². The van der Waals surface area contributed by atoms with Crippen LogP contribution in [0.5, 0.6) is 0 Å². The summed E-state index contributed by atoms with van der Waals surface area (Å²) < 4.78 is 5.42. The molecule has 1 aromatic heterocycles. The maximum atomic E-state index is 12.6. The van der Waals surface area contributed by atoms with Gasteiger partial charge in [0.1, 0.15) is 6.61 Å². The van der Waals surface area contributed by atoms with Crippen LogP contribution in [0.4, 0.5) is 4.79 Å². The van der Waals surface area contributed by atoms with Gasteiger partial charge in [0.25, 0.3) is 0 Å². The van der Waals surface area contributed by atoms with Crippen LogP contribution in [0, 0.1) is 0 Å². The predicted octanol–water partition coefficient (Wildman–Crippen LogP) is 2.45. The molecule has 1 atom stereocenters. The third-order valence-corrected chi connectivity index (χ3v) is 3.74. The Morgan fingerprint density at radius 3 is 2.58 bits per heavy atom. The van der Waals surface area contributed by atoms with Gasteiger partial charge in [-0.05, 0) is 30.2 Å². The second-order valence-electron chi connectivity index (χ2n) is 5.41. The Labute approximate surface area is 139 Å². The second kappa shape index (κ2) is 6.95. The van der Waals surface area contributed by atoms with E-state index in [1.54, 1.807) is 31.5 Å². The fourth-order valence-corrected chi connectivity index (χ4v) is 2.57. The summed E-state index contributed by atoms with van der Waals surface area (Å²) in [5, 5.41) is 5.38. The van der Waals surface area contributed by atoms with E-state index in [2.05, 4.69) is 15.6 Å². The molecule has 0 radical (unpaired) electrons. The van der Waals surface area contributed by atoms with Crippen molar-refractivity contribution in [1.82, 2.24) is 15.6 Å². The third-order valence-electron chi connectivity index (χ3n) is 3.74. The van der Waals surface area contributed by atoms with E-state index in [1.165, 1.54) is 0 Å². The Bertz CT molecular complexity index is 773. The maximum Gasteiger partial charge on any atom is 0.338 e. The molecule has 1 aliphatic heterocycles. The molecule has 24 heavy (non-hydrogen) atoms. The van der Waals surface area contributed by atoms with Gasteiger partial charge in [0.15, 0.2) is 0 Å². The van der Waals surface area contributed by atoms with Gasteiger partial charge < -0.3 is 15.4 Å². The Hall–Kier alpha value is -3.15. The molecule has 0 saturated heterocycles. The van der Waals surface area contributed by atoms with Crippen LogP contribution in [0.1, 0.15) is 24.1 Å². The van der Waals surface area contributed by atoms with E-state index < -0.39 is 12.0 Å². The van der Waals surface area contributed by atoms with Gasteiger partial charge in [-0.15, -0.1) is 0 Å². The highest BCUT2D eigenvalue weighted by Crippen LogP contribution is 2.27. The number of ether oxygens (including phenoxy) is 1. The number of hydrogen-bond donors (Lipinski definition) is 2. The number of allylic oxidation sites excluding steroid dienone is 1. The highest BCUT2D eigenvalue weighted by Gasteiger charge is 2.32. The van der Waals surface area contributed by atoms with Gasteiger partial charge >= 0.3 is 12.0 Å². The number of rotatable bonds is 4. The fourth-order valence-electron chi connectivity index (χ4n) is 2.57. The molecule has 1 unspecified atom stereocenters. The molecule has 0 spiro atoms. The van der Waals surface area contributed by atoms with Gasteiger partial charge in [-0.2, -0.15) is 0 Å². The normalized spacial score (nSPS) is 17.0. The highest BCUT2D eigenvalue weighted by molar-refractivity contribution is 5.95. The first-order chi connectivity index (χ1) is 11.6. The zero-order valence-electron chi connectivity index (χ0n) is 13.2. The first-order valence-corrected chi connectivity index (χ1v) is 7.54. The Balaban J connectivity index is 1.83. The zero-order valence-corrected chi connectivity index (χ0v) is 13.2. The third kappa shape index (κ3) is 3.43. The molecule has 2 N–H and O–H groups in total. The molecule has 0 fully saturated rings. The molecule has 6 heteroatoms. The van der Waals surface area contributed by atoms with Gasteiger partial charge in [-0.3, -0.25) is 4.98 Å². The van der Waals surface area contributed by atoms with Crippen molar-refractivity contribution in [2.24, 2.45) is 0 Å². The molecule has 2 heterocycles. The van der Waals surface area contributed by atoms with E-state index in [0.29, 0.717) is 11.3 Å². The number of carbonyl (C=O) groups excluding carboxylic acids is 2. The Morgan fingerprint density at radius 1 is 1.17 bits per heavy atom. The number of aromatic nitrogens is 1. The lowest BCUT2D eigenvalue weighted by Gasteiger charge is -2.28. The Kier molecular flexibility index (Phi) is 4.56. The van der Waals surface area contributed by atoms with Crippen LogP contribution in [0.25, 0.3) is 0 Å². The SMILES string of the molecule is CC1=C(C(=O)OCc2ccccc2)C(c2ccncc2)NC(=O)N1. The van der Waals surface area contributed by atoms with Crippen molar-refractivity contribution in [2.75, 3.05) is 0 Å². The number of hydrogen-bond acceptors (Lipinski definition) is 4. The molecular weight excluding hydrogens is 306 g/mol. The minimum Gasteiger partial charge on any atom is -0.457 e. The second-order valence-corrected chi connectivity index (χ2v) is 5.41. The smallest absolute Gasteiger partial charge is 0.338 e. The summed E-state index contributed by atoms with van der Waals surface area (Å²) in [7, 11) is 0. The largest absolute Gasteiger partial charge is 0.457 e. The number of benzene rings is 1. The lowest BCUT2D eigenvalue weighted by Crippen LogP contribution is -2.45. The molecule has 122 valence electrons. The summed E-state index contributed by atoms with van der Waals surface area (Å²) in [5.74, 6) is -0.467. The van der Waals surface area contributed by atoms with E-state index >= 15 is 0 Å². The summed E-state index contributed by atoms with van der Waals surface area (Å²) in [4.78, 5) is 28.3. The average Bonchev–Trinajstić information content (AvgIpc) is 2.60. The van der Waals surface area contributed by atoms with Crippen LogP contribution < -0.4 is 10.6 Å². The van der Waals surface area contributed by atoms with Crippen molar-refractivity contribution in [3.63, 3.8) is 0 Å². The summed E-state index contributed by atoms with van der Waals surface area (Å²) in [5.41, 5.74) is 2.54. The van der Waals surface area contributed by atoms with E-state index in [1.807, 2.05) is 30.3 Å². The minimum absolute atomic E-state index is 0.174. The minimum atomic E-state index is -0.565. The number of amides is 2. The molecule has 0 aliphatic carbocycles. The van der Waals surface area contributed by atoms with Crippen molar-refractivity contribution in [1.29, 1.82) is 0 Å². The van der Waals surface area contributed by atoms with E-state index in [-0.39, 0.29) is 12.6 Å². The van der Waals surface area contributed by atoms with Crippen molar-refractivity contribution in [2.45, 2.75) is 19.6 Å². The molecule has 2 aromatic rings. The quantitative estimate of drug-likeness (QED) is 0.847. The van der Waals surface area contributed by atoms with Crippen LogP contribution in [0.15, 0.2) is 66.1 Å². The first-order valence-electron chi connectivity index (χ1n) is 7.54. The zero-order chi connectivity index (χ0) is 16.9. The average molecular weight is 323 g/mol. The maximum absolute atomic E-state index is 12.6. The van der Waals surface area contributed by atoms with Crippen LogP contribution in [-0.4, -0.2) is 17.0 Å². The van der Waals surface area contributed by atoms with Gasteiger partial charge in [0, 0.05) is 18.1 Å². The van der Waals surface area contributed by atoms with Gasteiger partial charge in [0.2, 0.25) is 0 Å². The standard InChI is InChI=1S/C18H17N3O3/c1-12-15(17(22)24-11-13-5-3-2-4-6-13)16(21-18(23)20-12)14-7-9-19-10-8-14/h2-10,16H,11H2,1H3,(H2,20,21,23). The number of nitrogens with zero attached hydrogens (tertiary/aromatic N) is 1. The number of carbonyl (C=O) groups is 2. The predicted molar refractivity (Wildman–Crippen MR) is 87.6 cm³/mol. The number of pyridine rings is 1. The fraction of sp³-hybridized carbons (Fsp3) is 0.167. The van der Waals surface area contributed by atoms with E-state index in [4.69, 9.17) is 4.74 Å². The van der Waals surface area contributed by atoms with Crippen LogP contribution in [0.3, 0.4) is 0 Å². The summed E-state index contributed by atoms with van der Waals surface area (Å²) >= 11 is 0. The monoisotopic (exact) mass is 323 g/mol. The van der Waals surface area contributed by atoms with Crippen LogP contribution >= 0.6 is 0 Å². The van der Waals surface area contributed by atoms with Gasteiger partial charge in [-0.25, -0.2) is 9.59 Å². The first kappa shape index (κ1) is 15.7. The molecule has 0 saturated carbocycles. The summed E-state index contributed by atoms with van der Waals surface area (Å²) in [6.07, 6.45) is 3.23. The lowest BCUT2D eigenvalue weighted by atomic mass is 9.96. The molecule has 2 amide bonds. The summed E-state index contributed by atoms with van der Waals surface area (Å²) in [6.45, 7) is 1.86. The molecule has 6 nitrogen and oxygen atoms in total. The highest BCUT2D eigenvalue weighted by atomic mass is 16.5. The topological polar surface area (TPSA) is 80.3 Å². The molecular formula is C18H17N3O3. The van der Waals surface area contributed by atoms with E-state index in [9.17, 15) is 9.59 Å². The summed E-state index contributed by atoms with van der Waals surface area (Å²) in [6, 6.07) is 12.0. The molecule has 0 bridgehead atoms. The Morgan fingerprint density at radius 2 is 1.88 bits per heavy atom. The van der Waals surface area contributed by atoms with Crippen molar-refractivity contribution >= 4 is 12.0 Å². The van der Waals surface area contributed by atoms with Crippen molar-refractivity contribution in [3.05, 3.63) is 77.3 Å². The number of nitrogens with one attached hydrogen (secondary N) is 2. The van der Waals surface area contributed by atoms with E-state index in [0.717, 1.165) is 11.1 Å².